The first-order chi connectivity index (χ1) is 37.5. The summed E-state index contributed by atoms with van der Waals surface area (Å²) in [7, 11) is 0. The van der Waals surface area contributed by atoms with Gasteiger partial charge in [0.15, 0.2) is 0 Å². The fraction of sp³-hybridized carbons (Fsp3) is 0.123. The first-order valence-electron chi connectivity index (χ1n) is 27.1. The largest absolute Gasteiger partial charge is 0.456 e. The van der Waals surface area contributed by atoms with Crippen LogP contribution in [0, 0.1) is 0 Å². The maximum atomic E-state index is 7.02. The molecule has 0 saturated heterocycles. The van der Waals surface area contributed by atoms with Gasteiger partial charge in [0.1, 0.15) is 33.5 Å². The molecule has 17 rings (SSSR count). The van der Waals surface area contributed by atoms with Gasteiger partial charge in [0.25, 0.3) is 0 Å². The Bertz CT molecular complexity index is 4970. The number of hydrogen-bond acceptors (Lipinski definition) is 4. The molecule has 4 nitrogen and oxygen atoms in total. The van der Waals surface area contributed by atoms with Gasteiger partial charge in [0.05, 0.1) is 0 Å². The van der Waals surface area contributed by atoms with Crippen LogP contribution in [0.3, 0.4) is 0 Å². The number of furan rings is 3. The lowest BCUT2D eigenvalue weighted by Gasteiger charge is -2.32. The first kappa shape index (κ1) is 43.2. The van der Waals surface area contributed by atoms with Crippen molar-refractivity contribution < 1.29 is 13.3 Å². The minimum Gasteiger partial charge on any atom is -0.456 e. The fourth-order valence-corrected chi connectivity index (χ4v) is 14.8. The molecular weight excluding hydrogens is 939 g/mol. The Morgan fingerprint density at radius 1 is 0.299 bits per heavy atom. The molecule has 0 radical (unpaired) electrons. The monoisotopic (exact) mass is 989 g/mol. The van der Waals surface area contributed by atoms with Gasteiger partial charge in [-0.3, -0.25) is 0 Å². The second kappa shape index (κ2) is 14.6. The number of rotatable bonds is 4. The lowest BCUT2D eigenvalue weighted by Crippen LogP contribution is -2.24. The molecule has 0 spiro atoms. The summed E-state index contributed by atoms with van der Waals surface area (Å²) in [6.07, 6.45) is 0. The molecule has 11 aromatic carbocycles. The highest BCUT2D eigenvalue weighted by atomic mass is 16.3. The summed E-state index contributed by atoms with van der Waals surface area (Å²) in [6, 6.07) is 73.5. The molecule has 0 aliphatic heterocycles. The van der Waals surface area contributed by atoms with Crippen LogP contribution in [0.1, 0.15) is 74.9 Å². The van der Waals surface area contributed by atoms with E-state index >= 15 is 0 Å². The molecule has 3 heterocycles. The average Bonchev–Trinajstić information content (AvgIpc) is 4.46. The van der Waals surface area contributed by atoms with E-state index in [0.717, 1.165) is 88.6 Å². The topological polar surface area (TPSA) is 42.7 Å². The van der Waals surface area contributed by atoms with Gasteiger partial charge >= 0.3 is 0 Å². The quantitative estimate of drug-likeness (QED) is 0.176. The maximum Gasteiger partial charge on any atom is 0.144 e. The van der Waals surface area contributed by atoms with Gasteiger partial charge in [-0.1, -0.05) is 175 Å². The second-order valence-corrected chi connectivity index (χ2v) is 23.5. The minimum atomic E-state index is -0.380. The average molecular weight is 990 g/mol. The van der Waals surface area contributed by atoms with Crippen molar-refractivity contribution in [3.63, 3.8) is 0 Å². The Morgan fingerprint density at radius 3 is 1.52 bits per heavy atom. The molecule has 4 heteroatoms. The Balaban J connectivity index is 0.890. The van der Waals surface area contributed by atoms with Crippen molar-refractivity contribution in [3.05, 3.63) is 234 Å². The van der Waals surface area contributed by atoms with E-state index in [1.165, 1.54) is 82.9 Å². The number of hydrogen-bond donors (Lipinski definition) is 0. The van der Waals surface area contributed by atoms with Crippen LogP contribution in [0.5, 0.6) is 0 Å². The molecule has 366 valence electrons. The van der Waals surface area contributed by atoms with Crippen molar-refractivity contribution in [1.29, 1.82) is 0 Å². The van der Waals surface area contributed by atoms with Crippen LogP contribution in [0.15, 0.2) is 213 Å². The van der Waals surface area contributed by atoms with Crippen LogP contribution >= 0.6 is 0 Å². The predicted octanol–water partition coefficient (Wildman–Crippen LogP) is 20.6. The zero-order chi connectivity index (χ0) is 51.4. The summed E-state index contributed by atoms with van der Waals surface area (Å²) in [4.78, 5) is 2.50. The molecule has 77 heavy (non-hydrogen) atoms. The Kier molecular flexibility index (Phi) is 8.20. The predicted molar refractivity (Wildman–Crippen MR) is 319 cm³/mol. The molecule has 0 bridgehead atoms. The third-order valence-corrected chi connectivity index (χ3v) is 18.4. The molecule has 3 aromatic heterocycles. The zero-order valence-electron chi connectivity index (χ0n) is 43.7. The Morgan fingerprint density at radius 2 is 0.792 bits per heavy atom. The van der Waals surface area contributed by atoms with Crippen molar-refractivity contribution >= 4 is 93.7 Å². The fourth-order valence-electron chi connectivity index (χ4n) is 14.8. The smallest absolute Gasteiger partial charge is 0.144 e. The lowest BCUT2D eigenvalue weighted by atomic mass is 9.72. The molecule has 14 aromatic rings. The Hall–Kier alpha value is -9.12. The van der Waals surface area contributed by atoms with Gasteiger partial charge in [-0.15, -0.1) is 0 Å². The van der Waals surface area contributed by atoms with E-state index < -0.39 is 0 Å². The standard InChI is InChI=1S/C73H51NO3/c1-71(2)54-37-43(32-34-47(54)62-56(71)39-52(69-64(62)50-22-11-15-27-58(50)76-69)45-24-17-29-60-61(45)49-21-10-14-26-57(49)75-60)74(42-31-30-40-18-7-8-19-41(40)36-42)44-33-35-48-55(38-44)73(5,6)67-63(48)65-51-23-12-16-28-59(51)77-70(65)66-46-20-9-13-25-53(46)72(3,4)68(66)67/h7-39H,1-6H3. The summed E-state index contributed by atoms with van der Waals surface area (Å²) in [6.45, 7) is 14.5. The molecule has 0 fully saturated rings. The van der Waals surface area contributed by atoms with E-state index in [-0.39, 0.29) is 16.2 Å². The van der Waals surface area contributed by atoms with Crippen molar-refractivity contribution in [2.75, 3.05) is 4.90 Å². The van der Waals surface area contributed by atoms with Gasteiger partial charge < -0.3 is 18.2 Å². The van der Waals surface area contributed by atoms with E-state index in [2.05, 4.69) is 241 Å². The lowest BCUT2D eigenvalue weighted by molar-refractivity contribution is 0.600. The molecule has 3 aliphatic carbocycles. The molecule has 0 saturated carbocycles. The van der Waals surface area contributed by atoms with Crippen molar-refractivity contribution in [2.24, 2.45) is 0 Å². The number of para-hydroxylation sites is 3. The highest BCUT2D eigenvalue weighted by Crippen LogP contribution is 2.64. The van der Waals surface area contributed by atoms with Crippen LogP contribution in [0.4, 0.5) is 17.1 Å². The third-order valence-electron chi connectivity index (χ3n) is 18.4. The molecular formula is C73H51NO3. The van der Waals surface area contributed by atoms with Gasteiger partial charge in [-0.2, -0.15) is 0 Å². The number of fused-ring (bicyclic) bond motifs is 23. The van der Waals surface area contributed by atoms with Gasteiger partial charge in [-0.25, -0.2) is 0 Å². The molecule has 0 amide bonds. The van der Waals surface area contributed by atoms with Crippen molar-refractivity contribution in [1.82, 2.24) is 0 Å². The van der Waals surface area contributed by atoms with E-state index in [9.17, 15) is 0 Å². The van der Waals surface area contributed by atoms with Crippen LogP contribution in [0.2, 0.25) is 0 Å². The van der Waals surface area contributed by atoms with Crippen LogP contribution in [-0.2, 0) is 16.2 Å². The SMILES string of the molecule is CC1(C)c2cc(N(c3ccc4c(c3)C(C)(C)c3c5c(c6oc7ccccc7c6c3-4)-c3ccccc3C5(C)C)c3ccc4ccccc4c3)ccc2-c2c1cc(-c1cccc3oc4ccccc4c13)c1oc3ccccc3c21. The summed E-state index contributed by atoms with van der Waals surface area (Å²) in [5.41, 5.74) is 25.6. The highest BCUT2D eigenvalue weighted by molar-refractivity contribution is 6.23. The minimum absolute atomic E-state index is 0.243. The van der Waals surface area contributed by atoms with Crippen LogP contribution in [0.25, 0.3) is 121 Å². The number of anilines is 3. The maximum absolute atomic E-state index is 7.02. The first-order valence-corrected chi connectivity index (χ1v) is 27.1. The molecule has 0 atom stereocenters. The molecule has 0 unspecified atom stereocenters. The molecule has 0 N–H and O–H groups in total. The Labute approximate surface area is 445 Å². The number of benzene rings is 11. The summed E-state index contributed by atoms with van der Waals surface area (Å²) in [5, 5.41) is 9.27. The summed E-state index contributed by atoms with van der Waals surface area (Å²) < 4.78 is 20.5. The molecule has 3 aliphatic rings. The van der Waals surface area contributed by atoms with Gasteiger partial charge in [0, 0.05) is 76.8 Å². The highest BCUT2D eigenvalue weighted by Gasteiger charge is 2.49. The van der Waals surface area contributed by atoms with Crippen LogP contribution in [-0.4, -0.2) is 0 Å². The van der Waals surface area contributed by atoms with Crippen LogP contribution < -0.4 is 4.90 Å². The second-order valence-electron chi connectivity index (χ2n) is 23.5. The van der Waals surface area contributed by atoms with Gasteiger partial charge in [-0.05, 0) is 144 Å². The van der Waals surface area contributed by atoms with E-state index in [0.29, 0.717) is 0 Å². The normalized spacial score (nSPS) is 15.2. The van der Waals surface area contributed by atoms with E-state index in [1.807, 2.05) is 6.07 Å². The van der Waals surface area contributed by atoms with Crippen molar-refractivity contribution in [2.45, 2.75) is 57.8 Å². The summed E-state index contributed by atoms with van der Waals surface area (Å²) in [5.74, 6) is 0. The van der Waals surface area contributed by atoms with Gasteiger partial charge in [0.2, 0.25) is 0 Å². The third kappa shape index (κ3) is 5.47. The summed E-state index contributed by atoms with van der Waals surface area (Å²) >= 11 is 0. The van der Waals surface area contributed by atoms with Crippen molar-refractivity contribution in [3.8, 4) is 44.5 Å². The van der Waals surface area contributed by atoms with E-state index in [4.69, 9.17) is 13.3 Å². The van der Waals surface area contributed by atoms with E-state index in [1.54, 1.807) is 0 Å². The number of nitrogens with zero attached hydrogens (tertiary/aromatic N) is 1. The zero-order valence-corrected chi connectivity index (χ0v) is 43.7.